The van der Waals surface area contributed by atoms with Crippen molar-refractivity contribution in [2.24, 2.45) is 10.3 Å². The van der Waals surface area contributed by atoms with Crippen molar-refractivity contribution >= 4 is 23.7 Å². The van der Waals surface area contributed by atoms with Gasteiger partial charge in [0.25, 0.3) is 0 Å². The van der Waals surface area contributed by atoms with Crippen LogP contribution >= 0.6 is 0 Å². The van der Waals surface area contributed by atoms with E-state index in [0.29, 0.717) is 13.1 Å². The fourth-order valence-corrected chi connectivity index (χ4v) is 1.66. The summed E-state index contributed by atoms with van der Waals surface area (Å²) in [6, 6.07) is 0. The third kappa shape index (κ3) is 3.39. The van der Waals surface area contributed by atoms with Gasteiger partial charge in [0, 0.05) is 19.0 Å². The van der Waals surface area contributed by atoms with Gasteiger partial charge >= 0.3 is 6.09 Å². The molecule has 0 radical (unpaired) electrons. The van der Waals surface area contributed by atoms with Crippen LogP contribution in [0, 0.1) is 5.92 Å². The molecule has 1 fully saturated rings. The summed E-state index contributed by atoms with van der Waals surface area (Å²) >= 11 is -1.24. The Hall–Kier alpha value is -0.750. The van der Waals surface area contributed by atoms with E-state index < -0.39 is 17.5 Å². The molecule has 15 heavy (non-hydrogen) atoms. The first-order valence-electron chi connectivity index (χ1n) is 4.75. The Morgan fingerprint density at radius 2 is 2.13 bits per heavy atom. The van der Waals surface area contributed by atoms with Gasteiger partial charge in [-0.15, -0.1) is 0 Å². The molecule has 1 aliphatic heterocycles. The molecule has 0 aromatic heterocycles. The van der Waals surface area contributed by atoms with E-state index in [9.17, 15) is 9.35 Å². The molecule has 1 atom stereocenters. The van der Waals surface area contributed by atoms with Crippen molar-refractivity contribution in [2.75, 3.05) is 13.1 Å². The average Bonchev–Trinajstić information content (AvgIpc) is 1.98. The third-order valence-electron chi connectivity index (χ3n) is 2.07. The molecule has 1 amide bonds. The first-order valence-corrected chi connectivity index (χ1v) is 5.85. The second kappa shape index (κ2) is 4.40. The molecule has 1 heterocycles. The molecule has 1 rings (SSSR count). The average molecular weight is 232 g/mol. The first-order chi connectivity index (χ1) is 6.80. The van der Waals surface area contributed by atoms with E-state index in [0.717, 1.165) is 0 Å². The van der Waals surface area contributed by atoms with E-state index in [2.05, 4.69) is 4.40 Å². The van der Waals surface area contributed by atoms with Crippen LogP contribution in [0.1, 0.15) is 20.8 Å². The largest absolute Gasteiger partial charge is 0.591 e. The lowest BCUT2D eigenvalue weighted by Gasteiger charge is -2.34. The zero-order valence-electron chi connectivity index (χ0n) is 9.14. The molecule has 86 valence electrons. The van der Waals surface area contributed by atoms with Crippen molar-refractivity contribution < 1.29 is 14.5 Å². The van der Waals surface area contributed by atoms with E-state index in [1.54, 1.807) is 6.21 Å². The molecule has 0 aromatic carbocycles. The van der Waals surface area contributed by atoms with Crippen LogP contribution in [0.15, 0.2) is 4.40 Å². The Balaban J connectivity index is 2.33. The molecule has 5 nitrogen and oxygen atoms in total. The van der Waals surface area contributed by atoms with E-state index in [1.807, 2.05) is 20.8 Å². The first kappa shape index (κ1) is 12.3. The van der Waals surface area contributed by atoms with Gasteiger partial charge in [-0.25, -0.2) is 4.79 Å². The molecule has 0 spiro atoms. The quantitative estimate of drug-likeness (QED) is 0.572. The number of rotatable bonds is 2. The topological polar surface area (TPSA) is 76.0 Å². The number of carboxylic acid groups (broad SMARTS) is 1. The lowest BCUT2D eigenvalue weighted by molar-refractivity contribution is 0.104. The zero-order chi connectivity index (χ0) is 11.6. The van der Waals surface area contributed by atoms with Crippen molar-refractivity contribution in [3.63, 3.8) is 0 Å². The number of carbonyl (C=O) groups is 1. The lowest BCUT2D eigenvalue weighted by Crippen LogP contribution is -2.50. The zero-order valence-corrected chi connectivity index (χ0v) is 9.95. The summed E-state index contributed by atoms with van der Waals surface area (Å²) in [7, 11) is 0. The van der Waals surface area contributed by atoms with Crippen molar-refractivity contribution in [1.29, 1.82) is 0 Å². The highest BCUT2D eigenvalue weighted by Gasteiger charge is 2.31. The van der Waals surface area contributed by atoms with Gasteiger partial charge in [-0.3, -0.25) is 0 Å². The van der Waals surface area contributed by atoms with E-state index in [-0.39, 0.29) is 10.7 Å². The molecule has 0 bridgehead atoms. The standard InChI is InChI=1S/C9H16N2O3S/c1-9(2,3)15(14)10-4-7-5-11(6-7)8(12)13/h4,7H,5-6H2,1-3H3,(H,12,13)/b10-4+. The summed E-state index contributed by atoms with van der Waals surface area (Å²) in [6.07, 6.45) is 0.706. The summed E-state index contributed by atoms with van der Waals surface area (Å²) in [6.45, 7) is 6.47. The van der Waals surface area contributed by atoms with Gasteiger partial charge in [0.2, 0.25) is 0 Å². The van der Waals surface area contributed by atoms with Gasteiger partial charge in [-0.2, -0.15) is 0 Å². The number of likely N-dealkylation sites (tertiary alicyclic amines) is 1. The summed E-state index contributed by atoms with van der Waals surface area (Å²) in [5.41, 5.74) is 0. The van der Waals surface area contributed by atoms with Crippen LogP contribution in [0.2, 0.25) is 0 Å². The van der Waals surface area contributed by atoms with Gasteiger partial charge in [-0.1, -0.05) is 4.40 Å². The van der Waals surface area contributed by atoms with Gasteiger partial charge in [0.1, 0.15) is 16.1 Å². The number of amides is 1. The minimum atomic E-state index is -1.24. The van der Waals surface area contributed by atoms with Crippen molar-refractivity contribution in [2.45, 2.75) is 25.5 Å². The van der Waals surface area contributed by atoms with Crippen molar-refractivity contribution in [3.05, 3.63) is 0 Å². The smallest absolute Gasteiger partial charge is 0.407 e. The summed E-state index contributed by atoms with van der Waals surface area (Å²) in [5, 5.41) is 8.58. The maximum Gasteiger partial charge on any atom is 0.407 e. The summed E-state index contributed by atoms with van der Waals surface area (Å²) in [4.78, 5) is 11.7. The second-order valence-electron chi connectivity index (χ2n) is 4.56. The SMILES string of the molecule is CC(C)(C)[S+]([O-])/N=C/C1CN(C(=O)O)C1. The van der Waals surface area contributed by atoms with Crippen molar-refractivity contribution in [3.8, 4) is 0 Å². The summed E-state index contributed by atoms with van der Waals surface area (Å²) < 4.78 is 15.1. The molecule has 0 aliphatic carbocycles. The predicted octanol–water partition coefficient (Wildman–Crippen LogP) is 1.13. The van der Waals surface area contributed by atoms with Gasteiger partial charge in [0.15, 0.2) is 0 Å². The Kier molecular flexibility index (Phi) is 3.62. The van der Waals surface area contributed by atoms with E-state index >= 15 is 0 Å². The number of hydrogen-bond acceptors (Lipinski definition) is 3. The molecule has 1 N–H and O–H groups in total. The molecule has 0 saturated carbocycles. The second-order valence-corrected chi connectivity index (χ2v) is 6.50. The van der Waals surface area contributed by atoms with E-state index in [1.165, 1.54) is 4.90 Å². The maximum absolute atomic E-state index is 11.5. The normalized spacial score (nSPS) is 20.4. The molecule has 1 saturated heterocycles. The monoisotopic (exact) mass is 232 g/mol. The molecule has 0 aromatic rings. The van der Waals surface area contributed by atoms with Crippen LogP contribution in [0.3, 0.4) is 0 Å². The predicted molar refractivity (Wildman–Crippen MR) is 59.5 cm³/mol. The molecule has 1 unspecified atom stereocenters. The summed E-state index contributed by atoms with van der Waals surface area (Å²) in [5.74, 6) is 0.118. The highest BCUT2D eigenvalue weighted by Crippen LogP contribution is 2.18. The molecular weight excluding hydrogens is 216 g/mol. The molecule has 1 aliphatic rings. The highest BCUT2D eigenvalue weighted by atomic mass is 32.2. The van der Waals surface area contributed by atoms with Crippen LogP contribution in [0.4, 0.5) is 4.79 Å². The van der Waals surface area contributed by atoms with Crippen LogP contribution < -0.4 is 0 Å². The van der Waals surface area contributed by atoms with Crippen LogP contribution in [-0.2, 0) is 11.4 Å². The minimum absolute atomic E-state index is 0.118. The van der Waals surface area contributed by atoms with Crippen LogP contribution in [-0.4, -0.2) is 44.7 Å². The maximum atomic E-state index is 11.5. The Morgan fingerprint density at radius 3 is 2.53 bits per heavy atom. The Labute approximate surface area is 92.5 Å². The van der Waals surface area contributed by atoms with E-state index in [4.69, 9.17) is 5.11 Å². The molecular formula is C9H16N2O3S. The minimum Gasteiger partial charge on any atom is -0.591 e. The number of nitrogens with zero attached hydrogens (tertiary/aromatic N) is 2. The van der Waals surface area contributed by atoms with Gasteiger partial charge in [-0.05, 0) is 20.8 Å². The fraction of sp³-hybridized carbons (Fsp3) is 0.778. The Bertz CT molecular complexity index is 269. The van der Waals surface area contributed by atoms with Gasteiger partial charge in [0.05, 0.1) is 6.21 Å². The highest BCUT2D eigenvalue weighted by molar-refractivity contribution is 7.91. The van der Waals surface area contributed by atoms with Crippen LogP contribution in [0.25, 0.3) is 0 Å². The van der Waals surface area contributed by atoms with Crippen LogP contribution in [0.5, 0.6) is 0 Å². The molecule has 6 heteroatoms. The van der Waals surface area contributed by atoms with Crippen molar-refractivity contribution in [1.82, 2.24) is 4.90 Å². The fourth-order valence-electron chi connectivity index (χ4n) is 1.06. The lowest BCUT2D eigenvalue weighted by atomic mass is 10.0. The Morgan fingerprint density at radius 1 is 1.60 bits per heavy atom. The number of hydrogen-bond donors (Lipinski definition) is 1. The van der Waals surface area contributed by atoms with Gasteiger partial charge < -0.3 is 14.6 Å². The third-order valence-corrected chi connectivity index (χ3v) is 3.43.